The summed E-state index contributed by atoms with van der Waals surface area (Å²) in [6, 6.07) is 0. The molecule has 70 valence electrons. The first-order chi connectivity index (χ1) is 5.57. The minimum Gasteiger partial charge on any atom is -0.478 e. The number of rotatable bonds is 6. The minimum atomic E-state index is -1.99. The Kier molecular flexibility index (Phi) is 5.85. The molecule has 0 amide bonds. The third kappa shape index (κ3) is 5.22. The van der Waals surface area contributed by atoms with Crippen LogP contribution in [0.25, 0.3) is 0 Å². The molecule has 0 fully saturated rings. The second kappa shape index (κ2) is 6.09. The van der Waals surface area contributed by atoms with E-state index < -0.39 is 25.8 Å². The number of unbranched alkanes of at least 4 members (excludes halogenated alkanes) is 1. The fourth-order valence-electron chi connectivity index (χ4n) is 0.769. The van der Waals surface area contributed by atoms with E-state index >= 15 is 0 Å². The van der Waals surface area contributed by atoms with Gasteiger partial charge in [-0.25, -0.2) is 4.79 Å². The van der Waals surface area contributed by atoms with Crippen LogP contribution in [-0.4, -0.2) is 28.2 Å². The SMILES string of the molecule is CCCCC(O)[P+](=O)CC(=O)O. The fourth-order valence-corrected chi connectivity index (χ4v) is 1.72. The van der Waals surface area contributed by atoms with Gasteiger partial charge in [0.25, 0.3) is 5.85 Å². The summed E-state index contributed by atoms with van der Waals surface area (Å²) in [6.45, 7) is 1.96. The number of carbonyl (C=O) groups is 1. The number of hydrogen-bond acceptors (Lipinski definition) is 3. The molecule has 4 nitrogen and oxygen atoms in total. The summed E-state index contributed by atoms with van der Waals surface area (Å²) in [4.78, 5) is 10.1. The number of carboxylic acids is 1. The summed E-state index contributed by atoms with van der Waals surface area (Å²) in [5, 5.41) is 17.4. The van der Waals surface area contributed by atoms with Crippen molar-refractivity contribution in [3.8, 4) is 0 Å². The van der Waals surface area contributed by atoms with Crippen LogP contribution in [0.5, 0.6) is 0 Å². The molecule has 0 aliphatic heterocycles. The van der Waals surface area contributed by atoms with Crippen molar-refractivity contribution in [3.63, 3.8) is 0 Å². The first-order valence-corrected chi connectivity index (χ1v) is 5.43. The van der Waals surface area contributed by atoms with E-state index in [9.17, 15) is 9.36 Å². The van der Waals surface area contributed by atoms with Gasteiger partial charge in [-0.1, -0.05) is 17.9 Å². The molecule has 0 aromatic rings. The molecular formula is C7H14O4P+. The molecule has 0 radical (unpaired) electrons. The van der Waals surface area contributed by atoms with Crippen LogP contribution in [0.4, 0.5) is 0 Å². The average Bonchev–Trinajstić information content (AvgIpc) is 1.98. The molecule has 5 heteroatoms. The van der Waals surface area contributed by atoms with Gasteiger partial charge in [0.1, 0.15) is 0 Å². The van der Waals surface area contributed by atoms with E-state index in [1.54, 1.807) is 0 Å². The molecule has 0 spiro atoms. The Bertz CT molecular complexity index is 169. The normalized spacial score (nSPS) is 14.0. The van der Waals surface area contributed by atoms with Crippen LogP contribution in [0, 0.1) is 0 Å². The maximum absolute atomic E-state index is 11.0. The molecule has 2 N–H and O–H groups in total. The molecule has 0 heterocycles. The van der Waals surface area contributed by atoms with Crippen LogP contribution in [0.2, 0.25) is 0 Å². The summed E-state index contributed by atoms with van der Waals surface area (Å²) in [7, 11) is -1.99. The van der Waals surface area contributed by atoms with Gasteiger partial charge in [-0.2, -0.15) is 0 Å². The molecule has 0 aromatic heterocycles. The minimum absolute atomic E-state index is 0.430. The van der Waals surface area contributed by atoms with Crippen molar-refractivity contribution < 1.29 is 19.6 Å². The van der Waals surface area contributed by atoms with Gasteiger partial charge in [0.15, 0.2) is 0 Å². The molecule has 2 unspecified atom stereocenters. The molecule has 0 aliphatic carbocycles. The van der Waals surface area contributed by atoms with Gasteiger partial charge >= 0.3 is 13.8 Å². The quantitative estimate of drug-likeness (QED) is 0.625. The lowest BCUT2D eigenvalue weighted by Gasteiger charge is -1.96. The molecule has 2 atom stereocenters. The number of aliphatic carboxylic acids is 1. The summed E-state index contributed by atoms with van der Waals surface area (Å²) >= 11 is 0. The van der Waals surface area contributed by atoms with E-state index in [0.29, 0.717) is 6.42 Å². The van der Waals surface area contributed by atoms with Crippen LogP contribution in [0.3, 0.4) is 0 Å². The molecule has 0 rings (SSSR count). The largest absolute Gasteiger partial charge is 0.478 e. The molecule has 0 aromatic carbocycles. The smallest absolute Gasteiger partial charge is 0.381 e. The van der Waals surface area contributed by atoms with Gasteiger partial charge in [0.05, 0.1) is 0 Å². The van der Waals surface area contributed by atoms with Crippen molar-refractivity contribution in [1.29, 1.82) is 0 Å². The maximum Gasteiger partial charge on any atom is 0.381 e. The van der Waals surface area contributed by atoms with E-state index in [0.717, 1.165) is 12.8 Å². The monoisotopic (exact) mass is 193 g/mol. The van der Waals surface area contributed by atoms with E-state index in [2.05, 4.69) is 0 Å². The molecule has 12 heavy (non-hydrogen) atoms. The summed E-state index contributed by atoms with van der Waals surface area (Å²) in [5.74, 6) is -2.07. The molecule has 0 bridgehead atoms. The highest BCUT2D eigenvalue weighted by molar-refractivity contribution is 7.46. The lowest BCUT2D eigenvalue weighted by atomic mass is 10.3. The summed E-state index contributed by atoms with van der Waals surface area (Å²) < 4.78 is 11.0. The Morgan fingerprint density at radius 3 is 2.58 bits per heavy atom. The first-order valence-electron chi connectivity index (χ1n) is 3.91. The van der Waals surface area contributed by atoms with Crippen molar-refractivity contribution in [3.05, 3.63) is 0 Å². The second-order valence-corrected chi connectivity index (χ2v) is 4.34. The Labute approximate surface area is 72.4 Å². The van der Waals surface area contributed by atoms with Gasteiger partial charge < -0.3 is 10.2 Å². The van der Waals surface area contributed by atoms with Crippen molar-refractivity contribution in [2.24, 2.45) is 0 Å². The number of hydrogen-bond donors (Lipinski definition) is 2. The van der Waals surface area contributed by atoms with E-state index in [4.69, 9.17) is 10.2 Å². The second-order valence-electron chi connectivity index (χ2n) is 2.59. The van der Waals surface area contributed by atoms with Crippen molar-refractivity contribution in [2.45, 2.75) is 32.0 Å². The predicted molar refractivity (Wildman–Crippen MR) is 45.6 cm³/mol. The number of aliphatic hydroxyl groups excluding tert-OH is 1. The van der Waals surface area contributed by atoms with Crippen LogP contribution in [-0.2, 0) is 9.36 Å². The Balaban J connectivity index is 3.69. The summed E-state index contributed by atoms with van der Waals surface area (Å²) in [6.07, 6.45) is 1.69. The zero-order valence-corrected chi connectivity index (χ0v) is 7.96. The van der Waals surface area contributed by atoms with Gasteiger partial charge in [-0.3, -0.25) is 0 Å². The van der Waals surface area contributed by atoms with Crippen LogP contribution in [0.1, 0.15) is 26.2 Å². The highest BCUT2D eigenvalue weighted by Crippen LogP contribution is 2.28. The topological polar surface area (TPSA) is 74.6 Å². The van der Waals surface area contributed by atoms with E-state index in [-0.39, 0.29) is 0 Å². The van der Waals surface area contributed by atoms with Gasteiger partial charge in [-0.05, 0) is 6.42 Å². The van der Waals surface area contributed by atoms with Crippen molar-refractivity contribution in [2.75, 3.05) is 6.16 Å². The average molecular weight is 193 g/mol. The van der Waals surface area contributed by atoms with Gasteiger partial charge in [-0.15, -0.1) is 0 Å². The van der Waals surface area contributed by atoms with Crippen molar-refractivity contribution in [1.82, 2.24) is 0 Å². The highest BCUT2D eigenvalue weighted by atomic mass is 31.1. The first kappa shape index (κ1) is 11.5. The molecule has 0 saturated carbocycles. The van der Waals surface area contributed by atoms with Crippen LogP contribution in [0.15, 0.2) is 0 Å². The molecular weight excluding hydrogens is 179 g/mol. The zero-order chi connectivity index (χ0) is 9.56. The summed E-state index contributed by atoms with van der Waals surface area (Å²) in [5.41, 5.74) is 0. The Morgan fingerprint density at radius 2 is 2.17 bits per heavy atom. The lowest BCUT2D eigenvalue weighted by Crippen LogP contribution is -2.07. The maximum atomic E-state index is 11.0. The Hall–Kier alpha value is -0.470. The van der Waals surface area contributed by atoms with E-state index in [1.165, 1.54) is 0 Å². The molecule has 0 aliphatic rings. The van der Waals surface area contributed by atoms with Crippen LogP contribution < -0.4 is 0 Å². The lowest BCUT2D eigenvalue weighted by molar-refractivity contribution is -0.134. The third-order valence-electron chi connectivity index (χ3n) is 1.44. The van der Waals surface area contributed by atoms with E-state index in [1.807, 2.05) is 6.92 Å². The Morgan fingerprint density at radius 1 is 1.58 bits per heavy atom. The fraction of sp³-hybridized carbons (Fsp3) is 0.857. The number of aliphatic hydroxyl groups is 1. The van der Waals surface area contributed by atoms with Crippen LogP contribution >= 0.6 is 7.80 Å². The van der Waals surface area contributed by atoms with Crippen molar-refractivity contribution >= 4 is 13.8 Å². The third-order valence-corrected chi connectivity index (χ3v) is 2.94. The predicted octanol–water partition coefficient (Wildman–Crippen LogP) is 1.41. The molecule has 0 saturated heterocycles. The standard InChI is InChI=1S/C7H13O4P/c1-2-3-4-7(10)12(11)5-6(8)9/h7,10H,2-5H2,1H3/p+1. The van der Waals surface area contributed by atoms with Gasteiger partial charge in [0.2, 0.25) is 6.16 Å². The zero-order valence-electron chi connectivity index (χ0n) is 7.06. The van der Waals surface area contributed by atoms with Gasteiger partial charge in [0, 0.05) is 6.42 Å². The number of carboxylic acid groups (broad SMARTS) is 1. The highest BCUT2D eigenvalue weighted by Gasteiger charge is 2.29.